The molecule has 0 saturated carbocycles. The van der Waals surface area contributed by atoms with Gasteiger partial charge in [-0.2, -0.15) is 5.10 Å². The molecule has 2 amide bonds. The van der Waals surface area contributed by atoms with Gasteiger partial charge >= 0.3 is 6.03 Å². The van der Waals surface area contributed by atoms with E-state index in [-0.39, 0.29) is 6.03 Å². The second-order valence-electron chi connectivity index (χ2n) is 6.38. The highest BCUT2D eigenvalue weighted by atomic mass is 32.1. The fourth-order valence-corrected chi connectivity index (χ4v) is 3.51. The molecule has 3 aromatic rings. The minimum atomic E-state index is -0.251. The van der Waals surface area contributed by atoms with Crippen LogP contribution in [-0.2, 0) is 13.1 Å². The van der Waals surface area contributed by atoms with Gasteiger partial charge in [0.05, 0.1) is 30.0 Å². The summed E-state index contributed by atoms with van der Waals surface area (Å²) in [5.74, 6) is 1.06. The SMILES string of the molecule is Cc1nc(C(C)C)sc1CNC(=O)Nc1ccnn1Cc1ccccc1. The molecule has 0 aliphatic heterocycles. The van der Waals surface area contributed by atoms with Gasteiger partial charge in [0.1, 0.15) is 5.82 Å². The predicted molar refractivity (Wildman–Crippen MR) is 105 cm³/mol. The van der Waals surface area contributed by atoms with Crippen molar-refractivity contribution in [2.75, 3.05) is 5.32 Å². The summed E-state index contributed by atoms with van der Waals surface area (Å²) >= 11 is 1.65. The smallest absolute Gasteiger partial charge is 0.320 e. The summed E-state index contributed by atoms with van der Waals surface area (Å²) in [6.45, 7) is 7.29. The van der Waals surface area contributed by atoms with Gasteiger partial charge < -0.3 is 5.32 Å². The van der Waals surface area contributed by atoms with Crippen LogP contribution in [0.3, 0.4) is 0 Å². The van der Waals surface area contributed by atoms with Crippen molar-refractivity contribution in [2.24, 2.45) is 0 Å². The topological polar surface area (TPSA) is 71.8 Å². The van der Waals surface area contributed by atoms with Gasteiger partial charge in [0.2, 0.25) is 0 Å². The third-order valence-electron chi connectivity index (χ3n) is 3.95. The Hall–Kier alpha value is -2.67. The number of aryl methyl sites for hydroxylation is 1. The van der Waals surface area contributed by atoms with Gasteiger partial charge in [-0.3, -0.25) is 5.32 Å². The highest BCUT2D eigenvalue weighted by Gasteiger charge is 2.12. The maximum Gasteiger partial charge on any atom is 0.320 e. The van der Waals surface area contributed by atoms with Crippen LogP contribution in [0.1, 0.15) is 40.9 Å². The van der Waals surface area contributed by atoms with Crippen LogP contribution >= 0.6 is 11.3 Å². The number of anilines is 1. The second kappa shape index (κ2) is 8.14. The molecule has 2 N–H and O–H groups in total. The van der Waals surface area contributed by atoms with Crippen LogP contribution in [0.25, 0.3) is 0 Å². The number of benzene rings is 1. The van der Waals surface area contributed by atoms with Crippen molar-refractivity contribution < 1.29 is 4.79 Å². The fourth-order valence-electron chi connectivity index (χ4n) is 2.50. The van der Waals surface area contributed by atoms with Crippen LogP contribution in [0.15, 0.2) is 42.6 Å². The molecule has 0 fully saturated rings. The predicted octanol–water partition coefficient (Wildman–Crippen LogP) is 4.14. The molecule has 3 rings (SSSR count). The summed E-state index contributed by atoms with van der Waals surface area (Å²) in [6, 6.07) is 11.6. The molecular formula is C19H23N5OS. The van der Waals surface area contributed by atoms with Crippen LogP contribution < -0.4 is 10.6 Å². The summed E-state index contributed by atoms with van der Waals surface area (Å²) in [5.41, 5.74) is 2.11. The second-order valence-corrected chi connectivity index (χ2v) is 7.50. The molecular weight excluding hydrogens is 346 g/mol. The quantitative estimate of drug-likeness (QED) is 0.686. The van der Waals surface area contributed by atoms with Crippen molar-refractivity contribution in [3.63, 3.8) is 0 Å². The van der Waals surface area contributed by atoms with E-state index in [0.717, 1.165) is 21.1 Å². The number of hydrogen-bond donors (Lipinski definition) is 2. The first-order valence-corrected chi connectivity index (χ1v) is 9.41. The first kappa shape index (κ1) is 18.1. The number of nitrogens with zero attached hydrogens (tertiary/aromatic N) is 3. The van der Waals surface area contributed by atoms with E-state index in [2.05, 4.69) is 34.6 Å². The average Bonchev–Trinajstić information content (AvgIpc) is 3.21. The van der Waals surface area contributed by atoms with Crippen molar-refractivity contribution in [3.8, 4) is 0 Å². The molecule has 0 aliphatic rings. The van der Waals surface area contributed by atoms with Crippen molar-refractivity contribution in [1.29, 1.82) is 0 Å². The van der Waals surface area contributed by atoms with Crippen molar-refractivity contribution >= 4 is 23.2 Å². The average molecular weight is 369 g/mol. The minimum Gasteiger partial charge on any atom is -0.333 e. The summed E-state index contributed by atoms with van der Waals surface area (Å²) in [6.07, 6.45) is 1.68. The van der Waals surface area contributed by atoms with Gasteiger partial charge in [0.25, 0.3) is 0 Å². The lowest BCUT2D eigenvalue weighted by Gasteiger charge is -2.10. The Kier molecular flexibility index (Phi) is 5.68. The first-order chi connectivity index (χ1) is 12.5. The van der Waals surface area contributed by atoms with E-state index in [4.69, 9.17) is 0 Å². The monoisotopic (exact) mass is 369 g/mol. The number of thiazole rings is 1. The Bertz CT molecular complexity index is 869. The van der Waals surface area contributed by atoms with E-state index in [1.54, 1.807) is 28.3 Å². The highest BCUT2D eigenvalue weighted by molar-refractivity contribution is 7.11. The normalized spacial score (nSPS) is 10.9. The molecule has 0 spiro atoms. The summed E-state index contributed by atoms with van der Waals surface area (Å²) < 4.78 is 1.77. The Labute approximate surface area is 157 Å². The maximum atomic E-state index is 12.3. The molecule has 0 aliphatic carbocycles. The van der Waals surface area contributed by atoms with Crippen LogP contribution in [0.5, 0.6) is 0 Å². The lowest BCUT2D eigenvalue weighted by Crippen LogP contribution is -2.29. The third kappa shape index (κ3) is 4.49. The maximum absolute atomic E-state index is 12.3. The van der Waals surface area contributed by atoms with Gasteiger partial charge in [-0.25, -0.2) is 14.5 Å². The standard InChI is InChI=1S/C19H23N5OS/c1-13(2)18-22-14(3)16(26-18)11-20-19(25)23-17-9-10-21-24(17)12-15-7-5-4-6-8-15/h4-10,13H,11-12H2,1-3H3,(H2,20,23,25). The van der Waals surface area contributed by atoms with E-state index in [1.807, 2.05) is 37.3 Å². The lowest BCUT2D eigenvalue weighted by atomic mass is 10.2. The molecule has 2 aromatic heterocycles. The zero-order valence-electron chi connectivity index (χ0n) is 15.2. The van der Waals surface area contributed by atoms with Crippen molar-refractivity contribution in [3.05, 3.63) is 63.7 Å². The molecule has 1 aromatic carbocycles. The number of amides is 2. The largest absolute Gasteiger partial charge is 0.333 e. The van der Waals surface area contributed by atoms with E-state index in [0.29, 0.717) is 24.8 Å². The Morgan fingerprint density at radius 1 is 1.23 bits per heavy atom. The van der Waals surface area contributed by atoms with Gasteiger partial charge in [0.15, 0.2) is 0 Å². The van der Waals surface area contributed by atoms with E-state index in [9.17, 15) is 4.79 Å². The summed E-state index contributed by atoms with van der Waals surface area (Å²) in [4.78, 5) is 17.9. The Morgan fingerprint density at radius 2 is 2.00 bits per heavy atom. The van der Waals surface area contributed by atoms with E-state index < -0.39 is 0 Å². The molecule has 0 unspecified atom stereocenters. The summed E-state index contributed by atoms with van der Waals surface area (Å²) in [7, 11) is 0. The van der Waals surface area contributed by atoms with Crippen molar-refractivity contribution in [2.45, 2.75) is 39.8 Å². The Morgan fingerprint density at radius 3 is 2.69 bits per heavy atom. The number of carbonyl (C=O) groups excluding carboxylic acids is 1. The third-order valence-corrected chi connectivity index (χ3v) is 5.40. The zero-order chi connectivity index (χ0) is 18.5. The first-order valence-electron chi connectivity index (χ1n) is 8.59. The molecule has 0 bridgehead atoms. The molecule has 2 heterocycles. The number of rotatable bonds is 6. The number of carbonyl (C=O) groups is 1. The minimum absolute atomic E-state index is 0.251. The molecule has 136 valence electrons. The van der Waals surface area contributed by atoms with Crippen LogP contribution in [0, 0.1) is 6.92 Å². The molecule has 6 nitrogen and oxygen atoms in total. The van der Waals surface area contributed by atoms with E-state index in [1.165, 1.54) is 0 Å². The number of aromatic nitrogens is 3. The van der Waals surface area contributed by atoms with Gasteiger partial charge in [-0.05, 0) is 12.5 Å². The Balaban J connectivity index is 1.58. The van der Waals surface area contributed by atoms with Crippen LogP contribution in [0.2, 0.25) is 0 Å². The molecule has 7 heteroatoms. The zero-order valence-corrected chi connectivity index (χ0v) is 16.0. The van der Waals surface area contributed by atoms with E-state index >= 15 is 0 Å². The highest BCUT2D eigenvalue weighted by Crippen LogP contribution is 2.24. The van der Waals surface area contributed by atoms with Crippen LogP contribution in [0.4, 0.5) is 10.6 Å². The molecule has 0 saturated heterocycles. The molecule has 0 atom stereocenters. The van der Waals surface area contributed by atoms with Gasteiger partial charge in [0, 0.05) is 16.9 Å². The molecule has 26 heavy (non-hydrogen) atoms. The van der Waals surface area contributed by atoms with Gasteiger partial charge in [-0.1, -0.05) is 44.2 Å². The number of nitrogens with one attached hydrogen (secondary N) is 2. The summed E-state index contributed by atoms with van der Waals surface area (Å²) in [5, 5.41) is 11.1. The lowest BCUT2D eigenvalue weighted by molar-refractivity contribution is 0.251. The number of urea groups is 1. The number of hydrogen-bond acceptors (Lipinski definition) is 4. The fraction of sp³-hybridized carbons (Fsp3) is 0.316. The van der Waals surface area contributed by atoms with Crippen molar-refractivity contribution in [1.82, 2.24) is 20.1 Å². The van der Waals surface area contributed by atoms with Crippen LogP contribution in [-0.4, -0.2) is 20.8 Å². The molecule has 0 radical (unpaired) electrons. The van der Waals surface area contributed by atoms with Gasteiger partial charge in [-0.15, -0.1) is 11.3 Å².